The number of hydrogen-bond donors (Lipinski definition) is 0. The Morgan fingerprint density at radius 2 is 0.861 bits per heavy atom. The highest BCUT2D eigenvalue weighted by molar-refractivity contribution is 8.13. The normalized spacial score (nSPS) is 11.8. The molecular weight excluding hydrogens is 560 g/mol. The van der Waals surface area contributed by atoms with Crippen LogP contribution in [-0.2, 0) is 19.4 Å². The molecule has 202 valence electrons. The number of thioether (sulfide) groups is 2. The molecule has 0 spiro atoms. The minimum atomic E-state index is -0.923. The standard InChI is InChI=1S/C16H26N8O8S4/c1-11(33-7)19-31-15(27)23(5)35-21(3)13(25)29-17-9-10-18-30-14(26)22(4)36-24(6)16(28)32-20-12(2)34-8/h9-10H,1-8H3/b17-9-,18-10-,19-11+,20-12+. The zero-order valence-corrected chi connectivity index (χ0v) is 23.9. The van der Waals surface area contributed by atoms with Gasteiger partial charge in [0.05, 0.1) is 36.7 Å². The molecule has 0 aromatic carbocycles. The van der Waals surface area contributed by atoms with E-state index in [9.17, 15) is 19.2 Å². The first-order chi connectivity index (χ1) is 16.9. The number of nitrogens with zero attached hydrogens (tertiary/aromatic N) is 8. The summed E-state index contributed by atoms with van der Waals surface area (Å²) in [6.45, 7) is 3.33. The maximum Gasteiger partial charge on any atom is 0.447 e. The Kier molecular flexibility index (Phi) is 17.0. The second kappa shape index (κ2) is 18.4. The summed E-state index contributed by atoms with van der Waals surface area (Å²) in [4.78, 5) is 65.8. The van der Waals surface area contributed by atoms with Gasteiger partial charge in [0.15, 0.2) is 0 Å². The summed E-state index contributed by atoms with van der Waals surface area (Å²) < 4.78 is 3.94. The summed E-state index contributed by atoms with van der Waals surface area (Å²) >= 11 is 3.96. The Morgan fingerprint density at radius 1 is 0.583 bits per heavy atom. The van der Waals surface area contributed by atoms with Gasteiger partial charge in [0.25, 0.3) is 0 Å². The molecule has 0 heterocycles. The van der Waals surface area contributed by atoms with Gasteiger partial charge in [-0.1, -0.05) is 20.6 Å². The van der Waals surface area contributed by atoms with E-state index in [1.165, 1.54) is 51.7 Å². The van der Waals surface area contributed by atoms with E-state index in [1.54, 1.807) is 26.4 Å². The monoisotopic (exact) mass is 586 g/mol. The highest BCUT2D eigenvalue weighted by Gasteiger charge is 2.20. The molecule has 0 aliphatic rings. The van der Waals surface area contributed by atoms with Crippen molar-refractivity contribution >= 4 is 94.7 Å². The van der Waals surface area contributed by atoms with Gasteiger partial charge in [-0.3, -0.25) is 19.4 Å². The van der Waals surface area contributed by atoms with Crippen LogP contribution < -0.4 is 0 Å². The molecule has 20 heteroatoms. The first kappa shape index (κ1) is 33.2. The summed E-state index contributed by atoms with van der Waals surface area (Å²) in [5.74, 6) is 0. The number of carbonyl (C=O) groups is 4. The largest absolute Gasteiger partial charge is 0.447 e. The highest BCUT2D eigenvalue weighted by Crippen LogP contribution is 2.16. The molecule has 0 aliphatic carbocycles. The molecule has 0 fully saturated rings. The van der Waals surface area contributed by atoms with E-state index in [0.29, 0.717) is 34.4 Å². The van der Waals surface area contributed by atoms with Gasteiger partial charge in [-0.15, -0.1) is 23.5 Å². The molecule has 0 aromatic heterocycles. The topological polar surface area (TPSA) is 168 Å². The van der Waals surface area contributed by atoms with E-state index in [1.807, 2.05) is 0 Å². The van der Waals surface area contributed by atoms with Crippen LogP contribution in [0.2, 0.25) is 0 Å². The lowest BCUT2D eigenvalue weighted by Gasteiger charge is -2.19. The van der Waals surface area contributed by atoms with E-state index in [4.69, 9.17) is 0 Å². The van der Waals surface area contributed by atoms with Crippen molar-refractivity contribution in [2.75, 3.05) is 40.7 Å². The van der Waals surface area contributed by atoms with Gasteiger partial charge in [-0.2, -0.15) is 0 Å². The van der Waals surface area contributed by atoms with E-state index in [0.717, 1.165) is 29.7 Å². The fraction of sp³-hybridized carbons (Fsp3) is 0.500. The predicted molar refractivity (Wildman–Crippen MR) is 142 cm³/mol. The van der Waals surface area contributed by atoms with Crippen LogP contribution in [-0.4, -0.2) is 105 Å². The van der Waals surface area contributed by atoms with Crippen LogP contribution in [0.25, 0.3) is 0 Å². The van der Waals surface area contributed by atoms with Crippen molar-refractivity contribution in [1.82, 2.24) is 17.2 Å². The van der Waals surface area contributed by atoms with Crippen LogP contribution in [0.1, 0.15) is 13.8 Å². The molecule has 0 N–H and O–H groups in total. The van der Waals surface area contributed by atoms with Crippen LogP contribution in [0, 0.1) is 0 Å². The van der Waals surface area contributed by atoms with Gasteiger partial charge in [-0.25, -0.2) is 36.4 Å². The molecule has 0 radical (unpaired) electrons. The maximum atomic E-state index is 11.9. The van der Waals surface area contributed by atoms with Crippen molar-refractivity contribution in [3.05, 3.63) is 0 Å². The lowest BCUT2D eigenvalue weighted by atomic mass is 10.8. The fourth-order valence-electron chi connectivity index (χ4n) is 1.22. The van der Waals surface area contributed by atoms with Crippen molar-refractivity contribution < 1.29 is 38.5 Å². The average Bonchev–Trinajstić information content (AvgIpc) is 2.86. The molecule has 0 rings (SSSR count). The van der Waals surface area contributed by atoms with Crippen LogP contribution in [0.15, 0.2) is 20.6 Å². The molecule has 4 amide bonds. The third kappa shape index (κ3) is 14.5. The Labute approximate surface area is 225 Å². The lowest BCUT2D eigenvalue weighted by Crippen LogP contribution is -2.28. The van der Waals surface area contributed by atoms with Gasteiger partial charge in [-0.05, 0) is 26.4 Å². The first-order valence-electron chi connectivity index (χ1n) is 9.30. The van der Waals surface area contributed by atoms with Crippen LogP contribution in [0.4, 0.5) is 19.2 Å². The van der Waals surface area contributed by atoms with Gasteiger partial charge >= 0.3 is 24.4 Å². The summed E-state index contributed by atoms with van der Waals surface area (Å²) in [7, 11) is 5.38. The average molecular weight is 587 g/mol. The molecule has 0 saturated carbocycles. The van der Waals surface area contributed by atoms with E-state index >= 15 is 0 Å². The van der Waals surface area contributed by atoms with Crippen LogP contribution in [0.3, 0.4) is 0 Å². The number of hydrogen-bond acceptors (Lipinski definition) is 16. The van der Waals surface area contributed by atoms with Gasteiger partial charge in [0.2, 0.25) is 0 Å². The molecule has 0 unspecified atom stereocenters. The summed E-state index contributed by atoms with van der Waals surface area (Å²) in [6.07, 6.45) is 1.95. The Balaban J connectivity index is 4.41. The minimum absolute atomic E-state index is 0.543. The molecule has 0 atom stereocenters. The van der Waals surface area contributed by atoms with Gasteiger partial charge in [0.1, 0.15) is 10.1 Å². The number of oxime groups is 4. The highest BCUT2D eigenvalue weighted by atomic mass is 32.2. The van der Waals surface area contributed by atoms with E-state index in [-0.39, 0.29) is 0 Å². The Hall–Kier alpha value is -2.84. The summed E-state index contributed by atoms with van der Waals surface area (Å²) in [5, 5.41) is 14.9. The summed E-state index contributed by atoms with van der Waals surface area (Å²) in [5.41, 5.74) is 0. The molecule has 0 saturated heterocycles. The van der Waals surface area contributed by atoms with Crippen molar-refractivity contribution in [1.29, 1.82) is 0 Å². The van der Waals surface area contributed by atoms with Crippen molar-refractivity contribution in [2.24, 2.45) is 20.6 Å². The second-order valence-electron chi connectivity index (χ2n) is 5.72. The quantitative estimate of drug-likeness (QED) is 0.126. The van der Waals surface area contributed by atoms with E-state index in [2.05, 4.69) is 40.0 Å². The smallest absolute Gasteiger partial charge is 0.297 e. The molecular formula is C16H26N8O8S4. The van der Waals surface area contributed by atoms with Gasteiger partial charge < -0.3 is 0 Å². The Morgan fingerprint density at radius 3 is 1.14 bits per heavy atom. The number of amides is 4. The van der Waals surface area contributed by atoms with Crippen LogP contribution in [0.5, 0.6) is 0 Å². The maximum absolute atomic E-state index is 11.9. The fourth-order valence-corrected chi connectivity index (χ4v) is 2.58. The third-order valence-corrected chi connectivity index (χ3v) is 5.97. The molecule has 36 heavy (non-hydrogen) atoms. The molecule has 16 nitrogen and oxygen atoms in total. The number of carbonyl (C=O) groups excluding carboxylic acids is 4. The zero-order chi connectivity index (χ0) is 27.7. The minimum Gasteiger partial charge on any atom is -0.297 e. The molecule has 0 bridgehead atoms. The second-order valence-corrected chi connectivity index (χ2v) is 10.2. The SMILES string of the molecule is CS/C(C)=N/OC(=O)N(C)SN(C)C(=O)O/N=C\C=N/OC(=O)N(C)SN(C)C(=O)O/N=C(\C)SC. The molecule has 0 aromatic rings. The van der Waals surface area contributed by atoms with Crippen molar-refractivity contribution in [2.45, 2.75) is 13.8 Å². The van der Waals surface area contributed by atoms with Crippen molar-refractivity contribution in [3.8, 4) is 0 Å². The van der Waals surface area contributed by atoms with Gasteiger partial charge in [0, 0.05) is 28.2 Å². The number of rotatable bonds is 9. The third-order valence-electron chi connectivity index (χ3n) is 3.06. The lowest BCUT2D eigenvalue weighted by molar-refractivity contribution is 0.129. The first-order valence-corrected chi connectivity index (χ1v) is 13.2. The molecule has 0 aliphatic heterocycles. The summed E-state index contributed by atoms with van der Waals surface area (Å²) in [6, 6.07) is 0. The van der Waals surface area contributed by atoms with E-state index < -0.39 is 24.4 Å². The van der Waals surface area contributed by atoms with Crippen LogP contribution >= 0.6 is 47.8 Å². The van der Waals surface area contributed by atoms with Crippen molar-refractivity contribution in [3.63, 3.8) is 0 Å². The zero-order valence-electron chi connectivity index (χ0n) is 20.6. The predicted octanol–water partition coefficient (Wildman–Crippen LogP) is 3.75. The Bertz CT molecular complexity index is 818.